The van der Waals surface area contributed by atoms with E-state index in [1.165, 1.54) is 0 Å². The lowest BCUT2D eigenvalue weighted by atomic mass is 9.96. The van der Waals surface area contributed by atoms with Crippen LogP contribution in [0.3, 0.4) is 0 Å². The van der Waals surface area contributed by atoms with Crippen molar-refractivity contribution in [3.05, 3.63) is 0 Å². The minimum Gasteiger partial charge on any atom is -0.378 e. The fourth-order valence-corrected chi connectivity index (χ4v) is 2.84. The van der Waals surface area contributed by atoms with Gasteiger partial charge in [-0.15, -0.1) is 12.4 Å². The normalized spacial score (nSPS) is 22.6. The molecule has 2 fully saturated rings. The monoisotopic (exact) mass is 319 g/mol. The third-order valence-corrected chi connectivity index (χ3v) is 4.03. The molecule has 1 atom stereocenters. The molecule has 1 N–H and O–H groups in total. The van der Waals surface area contributed by atoms with Crippen LogP contribution in [0, 0.1) is 5.92 Å². The fraction of sp³-hybridized carbons (Fsp3) is 0.857. The zero-order chi connectivity index (χ0) is 14.4. The number of hydrogen-bond donors (Lipinski definition) is 1. The number of likely N-dealkylation sites (tertiary alicyclic amines) is 1. The van der Waals surface area contributed by atoms with Crippen LogP contribution in [0.4, 0.5) is 0 Å². The summed E-state index contributed by atoms with van der Waals surface area (Å²) in [6.45, 7) is 4.68. The standard InChI is InChI=1S/C14H25N3O3.ClH/c1-15-5-4-13(18)17-6-2-3-12(11-17)14(19)16-7-9-20-10-8-16;/h12,15H,2-11H2,1H3;1H. The Bertz CT molecular complexity index is 348. The van der Waals surface area contributed by atoms with Gasteiger partial charge in [-0.25, -0.2) is 0 Å². The van der Waals surface area contributed by atoms with Crippen molar-refractivity contribution in [3.8, 4) is 0 Å². The van der Waals surface area contributed by atoms with Crippen LogP contribution < -0.4 is 5.32 Å². The molecule has 2 amide bonds. The maximum absolute atomic E-state index is 12.5. The van der Waals surface area contributed by atoms with Gasteiger partial charge in [0.25, 0.3) is 0 Å². The smallest absolute Gasteiger partial charge is 0.227 e. The van der Waals surface area contributed by atoms with E-state index in [-0.39, 0.29) is 30.1 Å². The summed E-state index contributed by atoms with van der Waals surface area (Å²) < 4.78 is 5.28. The predicted molar refractivity (Wildman–Crippen MR) is 82.5 cm³/mol. The largest absolute Gasteiger partial charge is 0.378 e. The van der Waals surface area contributed by atoms with Crippen LogP contribution in [0.2, 0.25) is 0 Å². The number of nitrogens with one attached hydrogen (secondary N) is 1. The number of amides is 2. The van der Waals surface area contributed by atoms with Crippen LogP contribution in [0.15, 0.2) is 0 Å². The second kappa shape index (κ2) is 9.23. The summed E-state index contributed by atoms with van der Waals surface area (Å²) in [5.41, 5.74) is 0. The molecule has 0 aromatic carbocycles. The summed E-state index contributed by atoms with van der Waals surface area (Å²) in [7, 11) is 1.84. The van der Waals surface area contributed by atoms with Crippen LogP contribution in [0.25, 0.3) is 0 Å². The number of halogens is 1. The third-order valence-electron chi connectivity index (χ3n) is 4.03. The molecule has 2 rings (SSSR count). The van der Waals surface area contributed by atoms with Gasteiger partial charge in [-0.05, 0) is 19.9 Å². The first-order valence-electron chi connectivity index (χ1n) is 7.51. The summed E-state index contributed by atoms with van der Waals surface area (Å²) in [5, 5.41) is 2.99. The van der Waals surface area contributed by atoms with Crippen molar-refractivity contribution in [1.29, 1.82) is 0 Å². The highest BCUT2D eigenvalue weighted by Gasteiger charge is 2.31. The Labute approximate surface area is 132 Å². The maximum Gasteiger partial charge on any atom is 0.227 e. The van der Waals surface area contributed by atoms with Crippen LogP contribution in [0.1, 0.15) is 19.3 Å². The lowest BCUT2D eigenvalue weighted by Gasteiger charge is -2.36. The molecule has 7 heteroatoms. The van der Waals surface area contributed by atoms with Crippen LogP contribution in [-0.4, -0.2) is 74.6 Å². The van der Waals surface area contributed by atoms with E-state index >= 15 is 0 Å². The summed E-state index contributed by atoms with van der Waals surface area (Å²) >= 11 is 0. The predicted octanol–water partition coefficient (Wildman–Crippen LogP) is 0.115. The number of piperidine rings is 1. The van der Waals surface area contributed by atoms with Gasteiger partial charge in [-0.1, -0.05) is 0 Å². The molecule has 21 heavy (non-hydrogen) atoms. The minimum atomic E-state index is -0.0274. The van der Waals surface area contributed by atoms with E-state index in [0.717, 1.165) is 19.4 Å². The van der Waals surface area contributed by atoms with E-state index in [0.29, 0.717) is 45.8 Å². The fourth-order valence-electron chi connectivity index (χ4n) is 2.84. The molecule has 6 nitrogen and oxygen atoms in total. The van der Waals surface area contributed by atoms with Crippen LogP contribution >= 0.6 is 12.4 Å². The van der Waals surface area contributed by atoms with Gasteiger partial charge in [-0.3, -0.25) is 9.59 Å². The summed E-state index contributed by atoms with van der Waals surface area (Å²) in [5.74, 6) is 0.318. The van der Waals surface area contributed by atoms with Crippen molar-refractivity contribution in [2.45, 2.75) is 19.3 Å². The van der Waals surface area contributed by atoms with Crippen molar-refractivity contribution >= 4 is 24.2 Å². The zero-order valence-electron chi connectivity index (χ0n) is 12.7. The molecule has 0 aliphatic carbocycles. The van der Waals surface area contributed by atoms with Crippen LogP contribution in [-0.2, 0) is 14.3 Å². The topological polar surface area (TPSA) is 61.9 Å². The average molecular weight is 320 g/mol. The van der Waals surface area contributed by atoms with E-state index in [4.69, 9.17) is 4.74 Å². The Kier molecular flexibility index (Phi) is 8.00. The summed E-state index contributed by atoms with van der Waals surface area (Å²) in [6, 6.07) is 0. The molecule has 0 aromatic rings. The highest BCUT2D eigenvalue weighted by molar-refractivity contribution is 5.85. The Morgan fingerprint density at radius 2 is 1.90 bits per heavy atom. The molecule has 1 unspecified atom stereocenters. The molecular weight excluding hydrogens is 294 g/mol. The van der Waals surface area contributed by atoms with Gasteiger partial charge in [0.1, 0.15) is 0 Å². The first kappa shape index (κ1) is 18.2. The van der Waals surface area contributed by atoms with Gasteiger partial charge in [0.05, 0.1) is 19.1 Å². The average Bonchev–Trinajstić information content (AvgIpc) is 2.52. The summed E-state index contributed by atoms with van der Waals surface area (Å²) in [4.78, 5) is 28.2. The first-order chi connectivity index (χ1) is 9.72. The molecule has 0 saturated carbocycles. The molecule has 122 valence electrons. The highest BCUT2D eigenvalue weighted by Crippen LogP contribution is 2.20. The van der Waals surface area contributed by atoms with E-state index in [2.05, 4.69) is 5.32 Å². The highest BCUT2D eigenvalue weighted by atomic mass is 35.5. The molecule has 0 bridgehead atoms. The second-order valence-corrected chi connectivity index (χ2v) is 5.47. The third kappa shape index (κ3) is 5.13. The molecule has 0 aromatic heterocycles. The maximum atomic E-state index is 12.5. The lowest BCUT2D eigenvalue weighted by Crippen LogP contribution is -2.49. The number of ether oxygens (including phenoxy) is 1. The number of carbonyl (C=O) groups is 2. The van der Waals surface area contributed by atoms with Crippen molar-refractivity contribution in [1.82, 2.24) is 15.1 Å². The van der Waals surface area contributed by atoms with Gasteiger partial charge in [0.2, 0.25) is 11.8 Å². The molecular formula is C14H26ClN3O3. The first-order valence-corrected chi connectivity index (χ1v) is 7.51. The molecule has 2 heterocycles. The van der Waals surface area contributed by atoms with E-state index < -0.39 is 0 Å². The molecule has 0 spiro atoms. The molecule has 2 aliphatic rings. The van der Waals surface area contributed by atoms with E-state index in [1.54, 1.807) is 0 Å². The van der Waals surface area contributed by atoms with E-state index in [9.17, 15) is 9.59 Å². The molecule has 2 saturated heterocycles. The number of hydrogen-bond acceptors (Lipinski definition) is 4. The van der Waals surface area contributed by atoms with Gasteiger partial charge in [-0.2, -0.15) is 0 Å². The van der Waals surface area contributed by atoms with Crippen molar-refractivity contribution in [2.75, 3.05) is 53.0 Å². The van der Waals surface area contributed by atoms with Gasteiger partial charge >= 0.3 is 0 Å². The Morgan fingerprint density at radius 3 is 2.57 bits per heavy atom. The van der Waals surface area contributed by atoms with Crippen molar-refractivity contribution < 1.29 is 14.3 Å². The number of carbonyl (C=O) groups excluding carboxylic acids is 2. The van der Waals surface area contributed by atoms with Crippen molar-refractivity contribution in [2.24, 2.45) is 5.92 Å². The Hall–Kier alpha value is -0.850. The zero-order valence-corrected chi connectivity index (χ0v) is 13.5. The SMILES string of the molecule is CNCCC(=O)N1CCCC(C(=O)N2CCOCC2)C1.Cl. The quantitative estimate of drug-likeness (QED) is 0.799. The van der Waals surface area contributed by atoms with Gasteiger partial charge < -0.3 is 19.9 Å². The minimum absolute atomic E-state index is 0. The molecule has 0 radical (unpaired) electrons. The Morgan fingerprint density at radius 1 is 1.19 bits per heavy atom. The second-order valence-electron chi connectivity index (χ2n) is 5.47. The van der Waals surface area contributed by atoms with Crippen LogP contribution in [0.5, 0.6) is 0 Å². The number of morpholine rings is 1. The van der Waals surface area contributed by atoms with Gasteiger partial charge in [0.15, 0.2) is 0 Å². The number of rotatable bonds is 4. The number of nitrogens with zero attached hydrogens (tertiary/aromatic N) is 2. The van der Waals surface area contributed by atoms with E-state index in [1.807, 2.05) is 16.8 Å². The van der Waals surface area contributed by atoms with Gasteiger partial charge in [0, 0.05) is 39.1 Å². The van der Waals surface area contributed by atoms with Crippen molar-refractivity contribution in [3.63, 3.8) is 0 Å². The lowest BCUT2D eigenvalue weighted by molar-refractivity contribution is -0.143. The Balaban J connectivity index is 0.00000220. The molecule has 2 aliphatic heterocycles. The summed E-state index contributed by atoms with van der Waals surface area (Å²) in [6.07, 6.45) is 2.33.